The van der Waals surface area contributed by atoms with Gasteiger partial charge in [-0.15, -0.1) is 0 Å². The Morgan fingerprint density at radius 2 is 2.27 bits per heavy atom. The molecular formula is C9H19NO. The molecule has 0 fully saturated rings. The van der Waals surface area contributed by atoms with Crippen LogP contribution in [0.2, 0.25) is 0 Å². The summed E-state index contributed by atoms with van der Waals surface area (Å²) < 4.78 is 5.18. The Hall–Kier alpha value is -0.340. The molecule has 0 saturated carbocycles. The van der Waals surface area contributed by atoms with Crippen LogP contribution in [-0.2, 0) is 4.74 Å². The van der Waals surface area contributed by atoms with Crippen LogP contribution in [0.5, 0.6) is 0 Å². The maximum Gasteiger partial charge on any atom is 0.0477 e. The SMILES string of the molecule is C=C(C)CNCCCOCC. The van der Waals surface area contributed by atoms with Gasteiger partial charge in [-0.05, 0) is 26.8 Å². The van der Waals surface area contributed by atoms with Crippen LogP contribution in [0.1, 0.15) is 20.3 Å². The summed E-state index contributed by atoms with van der Waals surface area (Å²) >= 11 is 0. The fourth-order valence-corrected chi connectivity index (χ4v) is 0.745. The topological polar surface area (TPSA) is 21.3 Å². The predicted octanol–water partition coefficient (Wildman–Crippen LogP) is 1.58. The molecule has 0 amide bonds. The third kappa shape index (κ3) is 9.66. The van der Waals surface area contributed by atoms with Crippen LogP contribution in [0.3, 0.4) is 0 Å². The molecule has 0 aromatic rings. The summed E-state index contributed by atoms with van der Waals surface area (Å²) in [5.74, 6) is 0. The van der Waals surface area contributed by atoms with Gasteiger partial charge in [-0.2, -0.15) is 0 Å². The van der Waals surface area contributed by atoms with E-state index in [9.17, 15) is 0 Å². The lowest BCUT2D eigenvalue weighted by atomic mass is 10.3. The summed E-state index contributed by atoms with van der Waals surface area (Å²) in [5.41, 5.74) is 1.18. The Bertz CT molecular complexity index is 102. The van der Waals surface area contributed by atoms with Gasteiger partial charge in [-0.3, -0.25) is 0 Å². The molecule has 0 radical (unpaired) electrons. The van der Waals surface area contributed by atoms with Crippen molar-refractivity contribution in [3.05, 3.63) is 12.2 Å². The van der Waals surface area contributed by atoms with E-state index in [1.165, 1.54) is 5.57 Å². The van der Waals surface area contributed by atoms with Gasteiger partial charge in [0.2, 0.25) is 0 Å². The molecule has 0 aliphatic rings. The van der Waals surface area contributed by atoms with E-state index in [0.29, 0.717) is 0 Å². The van der Waals surface area contributed by atoms with Gasteiger partial charge in [-0.1, -0.05) is 12.2 Å². The Balaban J connectivity index is 2.85. The summed E-state index contributed by atoms with van der Waals surface area (Å²) in [6.45, 7) is 11.5. The Labute approximate surface area is 69.6 Å². The van der Waals surface area contributed by atoms with Crippen molar-refractivity contribution in [2.75, 3.05) is 26.3 Å². The highest BCUT2D eigenvalue weighted by atomic mass is 16.5. The molecule has 2 nitrogen and oxygen atoms in total. The van der Waals surface area contributed by atoms with E-state index < -0.39 is 0 Å². The van der Waals surface area contributed by atoms with E-state index in [2.05, 4.69) is 11.9 Å². The second kappa shape index (κ2) is 7.76. The number of nitrogens with one attached hydrogen (secondary N) is 1. The smallest absolute Gasteiger partial charge is 0.0477 e. The van der Waals surface area contributed by atoms with Gasteiger partial charge in [0, 0.05) is 19.8 Å². The highest BCUT2D eigenvalue weighted by Crippen LogP contribution is 1.83. The van der Waals surface area contributed by atoms with Crippen LogP contribution in [0.25, 0.3) is 0 Å². The monoisotopic (exact) mass is 157 g/mol. The Morgan fingerprint density at radius 3 is 2.82 bits per heavy atom. The molecule has 0 rings (SSSR count). The first kappa shape index (κ1) is 10.7. The molecule has 0 bridgehead atoms. The summed E-state index contributed by atoms with van der Waals surface area (Å²) in [7, 11) is 0. The van der Waals surface area contributed by atoms with Gasteiger partial charge in [0.25, 0.3) is 0 Å². The lowest BCUT2D eigenvalue weighted by Crippen LogP contribution is -2.18. The Morgan fingerprint density at radius 1 is 1.55 bits per heavy atom. The van der Waals surface area contributed by atoms with Crippen LogP contribution in [0, 0.1) is 0 Å². The minimum Gasteiger partial charge on any atom is -0.382 e. The first-order chi connectivity index (χ1) is 5.27. The van der Waals surface area contributed by atoms with Crippen molar-refractivity contribution in [3.8, 4) is 0 Å². The van der Waals surface area contributed by atoms with Crippen molar-refractivity contribution < 1.29 is 4.74 Å². The number of hydrogen-bond acceptors (Lipinski definition) is 2. The van der Waals surface area contributed by atoms with E-state index in [4.69, 9.17) is 4.74 Å². The molecular weight excluding hydrogens is 138 g/mol. The average molecular weight is 157 g/mol. The van der Waals surface area contributed by atoms with Gasteiger partial charge in [0.05, 0.1) is 0 Å². The van der Waals surface area contributed by atoms with E-state index in [1.807, 2.05) is 13.8 Å². The second-order valence-corrected chi connectivity index (χ2v) is 2.68. The molecule has 0 aromatic heterocycles. The lowest BCUT2D eigenvalue weighted by Gasteiger charge is -2.03. The van der Waals surface area contributed by atoms with Gasteiger partial charge >= 0.3 is 0 Å². The summed E-state index contributed by atoms with van der Waals surface area (Å²) in [5, 5.41) is 3.26. The maximum absolute atomic E-state index is 5.18. The summed E-state index contributed by atoms with van der Waals surface area (Å²) in [4.78, 5) is 0. The Kier molecular flexibility index (Phi) is 7.52. The molecule has 0 spiro atoms. The van der Waals surface area contributed by atoms with Gasteiger partial charge in [-0.25, -0.2) is 0 Å². The quantitative estimate of drug-likeness (QED) is 0.447. The molecule has 66 valence electrons. The van der Waals surface area contributed by atoms with Gasteiger partial charge < -0.3 is 10.1 Å². The van der Waals surface area contributed by atoms with E-state index >= 15 is 0 Å². The first-order valence-electron chi connectivity index (χ1n) is 4.20. The van der Waals surface area contributed by atoms with Gasteiger partial charge in [0.1, 0.15) is 0 Å². The second-order valence-electron chi connectivity index (χ2n) is 2.68. The van der Waals surface area contributed by atoms with Gasteiger partial charge in [0.15, 0.2) is 0 Å². The zero-order valence-electron chi connectivity index (χ0n) is 7.65. The minimum absolute atomic E-state index is 0.820. The molecule has 0 unspecified atom stereocenters. The van der Waals surface area contributed by atoms with E-state index in [1.54, 1.807) is 0 Å². The molecule has 0 aromatic carbocycles. The minimum atomic E-state index is 0.820. The molecule has 0 aliphatic carbocycles. The van der Waals surface area contributed by atoms with Crippen molar-refractivity contribution in [3.63, 3.8) is 0 Å². The van der Waals surface area contributed by atoms with Crippen LogP contribution in [-0.4, -0.2) is 26.3 Å². The van der Waals surface area contributed by atoms with Crippen molar-refractivity contribution in [1.29, 1.82) is 0 Å². The molecule has 0 atom stereocenters. The number of hydrogen-bond donors (Lipinski definition) is 1. The van der Waals surface area contributed by atoms with Crippen LogP contribution in [0.4, 0.5) is 0 Å². The van der Waals surface area contributed by atoms with E-state index in [-0.39, 0.29) is 0 Å². The third-order valence-electron chi connectivity index (χ3n) is 1.27. The zero-order valence-corrected chi connectivity index (χ0v) is 7.65. The largest absolute Gasteiger partial charge is 0.382 e. The molecule has 11 heavy (non-hydrogen) atoms. The average Bonchev–Trinajstić information content (AvgIpc) is 1.96. The first-order valence-corrected chi connectivity index (χ1v) is 4.20. The lowest BCUT2D eigenvalue weighted by molar-refractivity contribution is 0.145. The molecule has 0 aliphatic heterocycles. The standard InChI is InChI=1S/C9H19NO/c1-4-11-7-5-6-10-8-9(2)3/h10H,2,4-8H2,1,3H3. The summed E-state index contributed by atoms with van der Waals surface area (Å²) in [6.07, 6.45) is 1.08. The summed E-state index contributed by atoms with van der Waals surface area (Å²) in [6, 6.07) is 0. The normalized spacial score (nSPS) is 10.0. The maximum atomic E-state index is 5.18. The molecule has 2 heteroatoms. The fourth-order valence-electron chi connectivity index (χ4n) is 0.745. The molecule has 0 heterocycles. The van der Waals surface area contributed by atoms with Crippen LogP contribution >= 0.6 is 0 Å². The van der Waals surface area contributed by atoms with Crippen LogP contribution in [0.15, 0.2) is 12.2 Å². The third-order valence-corrected chi connectivity index (χ3v) is 1.27. The zero-order chi connectivity index (χ0) is 8.53. The number of rotatable bonds is 7. The van der Waals surface area contributed by atoms with Crippen molar-refractivity contribution in [1.82, 2.24) is 5.32 Å². The van der Waals surface area contributed by atoms with Crippen molar-refractivity contribution in [2.45, 2.75) is 20.3 Å². The van der Waals surface area contributed by atoms with Crippen LogP contribution < -0.4 is 5.32 Å². The van der Waals surface area contributed by atoms with E-state index in [0.717, 1.165) is 32.7 Å². The highest BCUT2D eigenvalue weighted by molar-refractivity contribution is 4.90. The number of ether oxygens (including phenoxy) is 1. The predicted molar refractivity (Wildman–Crippen MR) is 48.8 cm³/mol. The van der Waals surface area contributed by atoms with Crippen molar-refractivity contribution >= 4 is 0 Å². The van der Waals surface area contributed by atoms with Crippen molar-refractivity contribution in [2.24, 2.45) is 0 Å². The molecule has 0 saturated heterocycles. The fraction of sp³-hybridized carbons (Fsp3) is 0.778. The highest BCUT2D eigenvalue weighted by Gasteiger charge is 1.87. The molecule has 1 N–H and O–H groups in total.